The normalized spacial score (nSPS) is 11.4. The first-order valence-electron chi connectivity index (χ1n) is 10.4. The second-order valence-electron chi connectivity index (χ2n) is 7.09. The number of ether oxygens (including phenoxy) is 1. The van der Waals surface area contributed by atoms with Gasteiger partial charge in [0.15, 0.2) is 0 Å². The maximum atomic E-state index is 12.0. The molecule has 0 aromatic heterocycles. The van der Waals surface area contributed by atoms with Gasteiger partial charge in [0.2, 0.25) is 5.91 Å². The van der Waals surface area contributed by atoms with Crippen molar-refractivity contribution in [1.82, 2.24) is 5.32 Å². The van der Waals surface area contributed by atoms with E-state index in [0.29, 0.717) is 6.54 Å². The van der Waals surface area contributed by atoms with E-state index in [1.807, 2.05) is 24.3 Å². The predicted octanol–water partition coefficient (Wildman–Crippen LogP) is 6.94. The molecule has 0 atom stereocenters. The summed E-state index contributed by atoms with van der Waals surface area (Å²) in [5.41, 5.74) is 1.07. The average Bonchev–Trinajstić information content (AvgIpc) is 2.68. The third-order valence-electron chi connectivity index (χ3n) is 4.68. The van der Waals surface area contributed by atoms with Crippen LogP contribution in [0, 0.1) is 0 Å². The van der Waals surface area contributed by atoms with Gasteiger partial charge in [-0.25, -0.2) is 0 Å². The Morgan fingerprint density at radius 2 is 1.52 bits per heavy atom. The Kier molecular flexibility index (Phi) is 14.2. The number of unbranched alkanes of at least 4 members (excludes halogenated alkanes) is 9. The quantitative estimate of drug-likeness (QED) is 0.166. The minimum absolute atomic E-state index is 0.0118. The van der Waals surface area contributed by atoms with Crippen LogP contribution in [0.1, 0.15) is 83.1 Å². The summed E-state index contributed by atoms with van der Waals surface area (Å²) in [5.74, 6) is 0.818. The van der Waals surface area contributed by atoms with Crippen LogP contribution < -0.4 is 10.1 Å². The summed E-state index contributed by atoms with van der Waals surface area (Å²) in [7, 11) is 1.65. The molecule has 27 heavy (non-hydrogen) atoms. The van der Waals surface area contributed by atoms with Crippen LogP contribution in [0.5, 0.6) is 5.75 Å². The van der Waals surface area contributed by atoms with Crippen LogP contribution >= 0.6 is 22.6 Å². The van der Waals surface area contributed by atoms with Gasteiger partial charge < -0.3 is 10.1 Å². The Hall–Kier alpha value is -1.04. The number of halogens is 1. The van der Waals surface area contributed by atoms with Crippen LogP contribution in [-0.4, -0.2) is 13.0 Å². The van der Waals surface area contributed by atoms with E-state index in [1.165, 1.54) is 64.2 Å². The summed E-state index contributed by atoms with van der Waals surface area (Å²) in [6.45, 7) is 2.81. The molecule has 152 valence electrons. The molecule has 0 saturated heterocycles. The largest absolute Gasteiger partial charge is 0.497 e. The molecule has 0 aliphatic rings. The van der Waals surface area contributed by atoms with E-state index in [2.05, 4.69) is 34.8 Å². The molecule has 0 fully saturated rings. The van der Waals surface area contributed by atoms with Gasteiger partial charge in [-0.05, 0) is 56.7 Å². The topological polar surface area (TPSA) is 38.3 Å². The van der Waals surface area contributed by atoms with Gasteiger partial charge in [-0.2, -0.15) is 0 Å². The zero-order valence-electron chi connectivity index (χ0n) is 17.1. The van der Waals surface area contributed by atoms with E-state index in [4.69, 9.17) is 4.74 Å². The van der Waals surface area contributed by atoms with Crippen molar-refractivity contribution >= 4 is 28.5 Å². The minimum atomic E-state index is -0.0118. The van der Waals surface area contributed by atoms with E-state index < -0.39 is 0 Å². The van der Waals surface area contributed by atoms with Crippen molar-refractivity contribution < 1.29 is 9.53 Å². The number of methoxy groups -OCH3 is 1. The second kappa shape index (κ2) is 16.0. The van der Waals surface area contributed by atoms with Gasteiger partial charge in [0.1, 0.15) is 5.75 Å². The van der Waals surface area contributed by atoms with E-state index in [-0.39, 0.29) is 5.91 Å². The lowest BCUT2D eigenvalue weighted by Gasteiger charge is -2.05. The molecule has 0 radical (unpaired) electrons. The van der Waals surface area contributed by atoms with Crippen LogP contribution in [0.3, 0.4) is 0 Å². The van der Waals surface area contributed by atoms with Gasteiger partial charge in [0, 0.05) is 12.6 Å². The average molecular weight is 485 g/mol. The minimum Gasteiger partial charge on any atom is -0.497 e. The molecule has 0 bridgehead atoms. The second-order valence-corrected chi connectivity index (χ2v) is 8.47. The van der Waals surface area contributed by atoms with Gasteiger partial charge in [0.05, 0.1) is 7.11 Å². The molecule has 1 rings (SSSR count). The Balaban J connectivity index is 2.07. The number of allylic oxidation sites excluding steroid dienone is 1. The summed E-state index contributed by atoms with van der Waals surface area (Å²) in [5, 5.41) is 2.95. The molecule has 0 unspecified atom stereocenters. The molecule has 0 aliphatic carbocycles. The van der Waals surface area contributed by atoms with E-state index in [9.17, 15) is 4.79 Å². The van der Waals surface area contributed by atoms with Crippen molar-refractivity contribution in [3.8, 4) is 5.75 Å². The first kappa shape index (κ1) is 24.0. The Labute approximate surface area is 179 Å². The number of amides is 1. The molecule has 0 heterocycles. The molecule has 4 heteroatoms. The van der Waals surface area contributed by atoms with Crippen molar-refractivity contribution in [3.05, 3.63) is 39.5 Å². The molecule has 1 amide bonds. The van der Waals surface area contributed by atoms with Crippen molar-refractivity contribution in [2.75, 3.05) is 7.11 Å². The van der Waals surface area contributed by atoms with Crippen molar-refractivity contribution in [2.45, 2.75) is 84.1 Å². The number of carbonyl (C=O) groups excluding carboxylic acids is 1. The Morgan fingerprint density at radius 1 is 0.963 bits per heavy atom. The highest BCUT2D eigenvalue weighted by atomic mass is 127. The lowest BCUT2D eigenvalue weighted by atomic mass is 10.1. The Morgan fingerprint density at radius 3 is 2.07 bits per heavy atom. The van der Waals surface area contributed by atoms with E-state index in [0.717, 1.165) is 21.3 Å². The van der Waals surface area contributed by atoms with Crippen molar-refractivity contribution in [3.63, 3.8) is 0 Å². The molecular weight excluding hydrogens is 449 g/mol. The summed E-state index contributed by atoms with van der Waals surface area (Å²) < 4.78 is 6.28. The number of hydrogen-bond donors (Lipinski definition) is 1. The van der Waals surface area contributed by atoms with Crippen molar-refractivity contribution in [1.29, 1.82) is 0 Å². The van der Waals surface area contributed by atoms with Crippen LogP contribution in [0.2, 0.25) is 0 Å². The maximum Gasteiger partial charge on any atom is 0.244 e. The molecule has 0 aliphatic heterocycles. The van der Waals surface area contributed by atoms with Gasteiger partial charge >= 0.3 is 0 Å². The summed E-state index contributed by atoms with van der Waals surface area (Å²) in [4.78, 5) is 12.0. The third-order valence-corrected chi connectivity index (χ3v) is 5.53. The molecule has 1 N–H and O–H groups in total. The van der Waals surface area contributed by atoms with Gasteiger partial charge in [-0.1, -0.05) is 76.8 Å². The van der Waals surface area contributed by atoms with Crippen LogP contribution in [-0.2, 0) is 11.3 Å². The fourth-order valence-electron chi connectivity index (χ4n) is 2.98. The third kappa shape index (κ3) is 12.9. The lowest BCUT2D eigenvalue weighted by Crippen LogP contribution is -2.20. The smallest absolute Gasteiger partial charge is 0.244 e. The molecular formula is C23H36INO2. The summed E-state index contributed by atoms with van der Waals surface area (Å²) in [6, 6.07) is 7.76. The summed E-state index contributed by atoms with van der Waals surface area (Å²) >= 11 is 2.29. The monoisotopic (exact) mass is 485 g/mol. The molecule has 0 spiro atoms. The molecule has 1 aromatic carbocycles. The SMILES string of the molecule is CCCCCCCCCCCCC(I)=CC(=O)NCc1ccc(OC)cc1. The van der Waals surface area contributed by atoms with Crippen LogP contribution in [0.4, 0.5) is 0 Å². The maximum absolute atomic E-state index is 12.0. The standard InChI is InChI=1S/C23H36INO2/c1-3-4-5-6-7-8-9-10-11-12-13-21(24)18-23(26)25-19-20-14-16-22(27-2)17-15-20/h14-18H,3-13,19H2,1-2H3,(H,25,26). The fraction of sp³-hybridized carbons (Fsp3) is 0.609. The van der Waals surface area contributed by atoms with E-state index >= 15 is 0 Å². The highest BCUT2D eigenvalue weighted by molar-refractivity contribution is 14.1. The lowest BCUT2D eigenvalue weighted by molar-refractivity contribution is -0.116. The Bertz CT molecular complexity index is 540. The summed E-state index contributed by atoms with van der Waals surface area (Å²) in [6.07, 6.45) is 16.2. The number of carbonyl (C=O) groups is 1. The molecule has 1 aromatic rings. The fourth-order valence-corrected chi connectivity index (χ4v) is 3.64. The zero-order valence-corrected chi connectivity index (χ0v) is 19.2. The first-order chi connectivity index (χ1) is 13.2. The number of rotatable bonds is 15. The predicted molar refractivity (Wildman–Crippen MR) is 123 cm³/mol. The van der Waals surface area contributed by atoms with Gasteiger partial charge in [-0.15, -0.1) is 0 Å². The zero-order chi connectivity index (χ0) is 19.7. The molecule has 0 saturated carbocycles. The highest BCUT2D eigenvalue weighted by Crippen LogP contribution is 2.17. The van der Waals surface area contributed by atoms with Gasteiger partial charge in [0.25, 0.3) is 0 Å². The number of hydrogen-bond acceptors (Lipinski definition) is 2. The number of nitrogens with one attached hydrogen (secondary N) is 1. The van der Waals surface area contributed by atoms with Crippen LogP contribution in [0.25, 0.3) is 0 Å². The van der Waals surface area contributed by atoms with Gasteiger partial charge in [-0.3, -0.25) is 4.79 Å². The van der Waals surface area contributed by atoms with Crippen molar-refractivity contribution in [2.24, 2.45) is 0 Å². The number of benzene rings is 1. The van der Waals surface area contributed by atoms with E-state index in [1.54, 1.807) is 13.2 Å². The van der Waals surface area contributed by atoms with Crippen LogP contribution in [0.15, 0.2) is 33.9 Å². The molecule has 3 nitrogen and oxygen atoms in total. The highest BCUT2D eigenvalue weighted by Gasteiger charge is 2.01. The first-order valence-corrected chi connectivity index (χ1v) is 11.5.